The summed E-state index contributed by atoms with van der Waals surface area (Å²) in [6.07, 6.45) is 2.76. The van der Waals surface area contributed by atoms with Crippen LogP contribution >= 0.6 is 0 Å². The first-order valence-corrected chi connectivity index (χ1v) is 7.05. The Morgan fingerprint density at radius 1 is 1.06 bits per heavy atom. The smallest absolute Gasteiger partial charge is 0.0530 e. The third-order valence-electron chi connectivity index (χ3n) is 4.30. The van der Waals surface area contributed by atoms with Crippen molar-refractivity contribution in [3.63, 3.8) is 0 Å². The molecule has 17 heavy (non-hydrogen) atoms. The molecule has 3 rings (SSSR count). The van der Waals surface area contributed by atoms with Crippen LogP contribution in [0.4, 0.5) is 0 Å². The highest BCUT2D eigenvalue weighted by Crippen LogP contribution is 2.49. The van der Waals surface area contributed by atoms with Crippen molar-refractivity contribution in [1.29, 1.82) is 0 Å². The Labute approximate surface area is 106 Å². The van der Waals surface area contributed by atoms with Gasteiger partial charge in [-0.15, -0.1) is 0 Å². The van der Waals surface area contributed by atoms with E-state index < -0.39 is 0 Å². The van der Waals surface area contributed by atoms with Crippen LogP contribution in [0.15, 0.2) is 0 Å². The number of hydrogen-bond acceptors (Lipinski definition) is 3. The van der Waals surface area contributed by atoms with Gasteiger partial charge in [0.25, 0.3) is 0 Å². The average molecular weight is 240 g/mol. The minimum absolute atomic E-state index is 0.548. The number of methoxy groups -OCH3 is 1. The monoisotopic (exact) mass is 240 g/mol. The summed E-state index contributed by atoms with van der Waals surface area (Å²) in [5.74, 6) is 0. The predicted octanol–water partition coefficient (Wildman–Crippen LogP) is 1.69. The fourth-order valence-corrected chi connectivity index (χ4v) is 3.62. The number of rotatable bonds is 4. The Hall–Kier alpha value is -0.120. The fourth-order valence-electron chi connectivity index (χ4n) is 3.62. The van der Waals surface area contributed by atoms with E-state index in [2.05, 4.69) is 16.8 Å². The molecule has 0 radical (unpaired) electrons. The molecular weight excluding hydrogens is 212 g/mol. The molecule has 0 atom stereocenters. The van der Waals surface area contributed by atoms with Gasteiger partial charge in [0.1, 0.15) is 0 Å². The molecule has 0 unspecified atom stereocenters. The van der Waals surface area contributed by atoms with Crippen LogP contribution in [0.5, 0.6) is 0 Å². The number of likely N-dealkylation sites (tertiary alicyclic amines) is 2. The predicted molar refractivity (Wildman–Crippen MR) is 71.3 cm³/mol. The maximum atomic E-state index is 5.31. The van der Waals surface area contributed by atoms with Gasteiger partial charge in [0.2, 0.25) is 0 Å². The summed E-state index contributed by atoms with van der Waals surface area (Å²) in [6, 6.07) is 0. The second-order valence-corrected chi connectivity index (χ2v) is 6.25. The molecule has 100 valence electrons. The molecule has 0 aromatic rings. The summed E-state index contributed by atoms with van der Waals surface area (Å²) >= 11 is 0. The van der Waals surface area contributed by atoms with Crippen molar-refractivity contribution >= 4 is 0 Å². The molecule has 3 nitrogen and oxygen atoms in total. The average Bonchev–Trinajstić information content (AvgIpc) is 2.97. The van der Waals surface area contributed by atoms with Gasteiger partial charge in [0, 0.05) is 50.7 Å². The minimum atomic E-state index is 0.548. The van der Waals surface area contributed by atoms with Gasteiger partial charge in [-0.2, -0.15) is 0 Å². The van der Waals surface area contributed by atoms with Crippen LogP contribution < -0.4 is 0 Å². The Bertz CT molecular complexity index is 249. The van der Waals surface area contributed by atoms with Gasteiger partial charge in [-0.05, 0) is 19.9 Å². The third-order valence-corrected chi connectivity index (χ3v) is 4.30. The topological polar surface area (TPSA) is 15.7 Å². The molecule has 1 spiro atoms. The summed E-state index contributed by atoms with van der Waals surface area (Å²) in [6.45, 7) is 11.6. The van der Waals surface area contributed by atoms with Gasteiger partial charge in [-0.3, -0.25) is 0 Å². The van der Waals surface area contributed by atoms with Crippen molar-refractivity contribution in [3.8, 4) is 0 Å². The fraction of sp³-hybridized carbons (Fsp3) is 1.00. The van der Waals surface area contributed by atoms with Crippen LogP contribution in [0.1, 0.15) is 26.7 Å². The molecule has 0 bridgehead atoms. The van der Waals surface area contributed by atoms with Crippen LogP contribution in [-0.2, 0) is 4.74 Å². The first-order chi connectivity index (χ1) is 8.15. The standard InChI is InChI=1S/C12H22N2O.C2H6/c1-13-5-12(6-13)8-14(9-12)7-11(3-4-11)10-15-2;1-2/h3-10H2,1-2H3;1-2H3. The Morgan fingerprint density at radius 3 is 2.06 bits per heavy atom. The molecule has 1 saturated carbocycles. The largest absolute Gasteiger partial charge is 0.384 e. The third kappa shape index (κ3) is 2.67. The molecule has 0 amide bonds. The second kappa shape index (κ2) is 4.87. The van der Waals surface area contributed by atoms with Gasteiger partial charge in [0.05, 0.1) is 6.61 Å². The zero-order valence-corrected chi connectivity index (χ0v) is 12.0. The summed E-state index contributed by atoms with van der Waals surface area (Å²) in [7, 11) is 4.06. The van der Waals surface area contributed by atoms with E-state index in [-0.39, 0.29) is 0 Å². The maximum absolute atomic E-state index is 5.31. The van der Waals surface area contributed by atoms with E-state index in [1.807, 2.05) is 21.0 Å². The number of ether oxygens (including phenoxy) is 1. The molecule has 3 aliphatic rings. The van der Waals surface area contributed by atoms with Crippen LogP contribution in [0.3, 0.4) is 0 Å². The van der Waals surface area contributed by atoms with Crippen molar-refractivity contribution in [1.82, 2.24) is 9.80 Å². The highest BCUT2D eigenvalue weighted by Gasteiger charge is 2.53. The lowest BCUT2D eigenvalue weighted by Gasteiger charge is -2.60. The zero-order valence-electron chi connectivity index (χ0n) is 12.0. The lowest BCUT2D eigenvalue weighted by Crippen LogP contribution is -2.71. The summed E-state index contributed by atoms with van der Waals surface area (Å²) in [5.41, 5.74) is 1.24. The van der Waals surface area contributed by atoms with Crippen LogP contribution in [0, 0.1) is 10.8 Å². The Morgan fingerprint density at radius 2 is 1.65 bits per heavy atom. The lowest BCUT2D eigenvalue weighted by molar-refractivity contribution is -0.112. The first-order valence-electron chi connectivity index (χ1n) is 7.05. The zero-order chi connectivity index (χ0) is 12.5. The van der Waals surface area contributed by atoms with Crippen molar-refractivity contribution in [2.45, 2.75) is 26.7 Å². The van der Waals surface area contributed by atoms with Crippen LogP contribution in [-0.4, -0.2) is 63.3 Å². The molecule has 2 saturated heterocycles. The Kier molecular flexibility index (Phi) is 3.81. The van der Waals surface area contributed by atoms with Gasteiger partial charge in [-0.1, -0.05) is 13.8 Å². The van der Waals surface area contributed by atoms with Gasteiger partial charge in [-0.25, -0.2) is 0 Å². The van der Waals surface area contributed by atoms with E-state index in [1.165, 1.54) is 45.6 Å². The number of nitrogens with zero attached hydrogens (tertiary/aromatic N) is 2. The molecule has 3 fully saturated rings. The van der Waals surface area contributed by atoms with Gasteiger partial charge >= 0.3 is 0 Å². The summed E-state index contributed by atoms with van der Waals surface area (Å²) in [5, 5.41) is 0. The van der Waals surface area contributed by atoms with Gasteiger partial charge < -0.3 is 14.5 Å². The van der Waals surface area contributed by atoms with Crippen molar-refractivity contribution in [3.05, 3.63) is 0 Å². The summed E-state index contributed by atoms with van der Waals surface area (Å²) < 4.78 is 5.31. The van der Waals surface area contributed by atoms with Crippen molar-refractivity contribution in [2.75, 3.05) is 53.5 Å². The van der Waals surface area contributed by atoms with Crippen molar-refractivity contribution in [2.24, 2.45) is 10.8 Å². The molecule has 2 heterocycles. The highest BCUT2D eigenvalue weighted by molar-refractivity contribution is 5.07. The van der Waals surface area contributed by atoms with Crippen LogP contribution in [0.25, 0.3) is 0 Å². The van der Waals surface area contributed by atoms with E-state index in [1.54, 1.807) is 0 Å². The molecule has 0 aromatic carbocycles. The molecule has 3 heteroatoms. The second-order valence-electron chi connectivity index (χ2n) is 6.25. The molecule has 0 N–H and O–H groups in total. The minimum Gasteiger partial charge on any atom is -0.384 e. The molecule has 2 aliphatic heterocycles. The Balaban J connectivity index is 0.000000514. The molecule has 1 aliphatic carbocycles. The maximum Gasteiger partial charge on any atom is 0.0530 e. The van der Waals surface area contributed by atoms with E-state index in [4.69, 9.17) is 4.74 Å². The highest BCUT2D eigenvalue weighted by atomic mass is 16.5. The number of hydrogen-bond donors (Lipinski definition) is 0. The van der Waals surface area contributed by atoms with E-state index in [0.717, 1.165) is 6.61 Å². The van der Waals surface area contributed by atoms with Crippen LogP contribution in [0.2, 0.25) is 0 Å². The SMILES string of the molecule is CC.COCC1(CN2CC3(CN(C)C3)C2)CC1. The van der Waals surface area contributed by atoms with E-state index >= 15 is 0 Å². The normalized spacial score (nSPS) is 28.9. The summed E-state index contributed by atoms with van der Waals surface area (Å²) in [4.78, 5) is 5.07. The molecular formula is C14H28N2O. The van der Waals surface area contributed by atoms with E-state index in [0.29, 0.717) is 10.8 Å². The molecule has 0 aromatic heterocycles. The van der Waals surface area contributed by atoms with Gasteiger partial charge in [0.15, 0.2) is 0 Å². The first kappa shape index (κ1) is 13.3. The quantitative estimate of drug-likeness (QED) is 0.744. The van der Waals surface area contributed by atoms with Crippen molar-refractivity contribution < 1.29 is 4.74 Å². The van der Waals surface area contributed by atoms with E-state index in [9.17, 15) is 0 Å². The lowest BCUT2D eigenvalue weighted by atomic mass is 9.73.